The van der Waals surface area contributed by atoms with E-state index in [1.54, 1.807) is 0 Å². The van der Waals surface area contributed by atoms with Crippen LogP contribution in [0.4, 0.5) is 26.3 Å². The van der Waals surface area contributed by atoms with E-state index in [0.717, 1.165) is 34.8 Å². The lowest BCUT2D eigenvalue weighted by molar-refractivity contribution is -0.254. The molecular weight excluding hydrogens is 414 g/mol. The average molecular weight is 428 g/mol. The van der Waals surface area contributed by atoms with Crippen LogP contribution in [-0.4, -0.2) is 32.0 Å². The van der Waals surface area contributed by atoms with Gasteiger partial charge in [-0.15, -0.1) is 22.7 Å². The lowest BCUT2D eigenvalue weighted by atomic mass is 9.95. The van der Waals surface area contributed by atoms with Gasteiger partial charge >= 0.3 is 17.8 Å². The van der Waals surface area contributed by atoms with Crippen LogP contribution in [0.5, 0.6) is 10.1 Å². The third-order valence-corrected chi connectivity index (χ3v) is 6.42. The van der Waals surface area contributed by atoms with Crippen molar-refractivity contribution in [3.05, 3.63) is 33.0 Å². The van der Waals surface area contributed by atoms with Crippen LogP contribution in [0.25, 0.3) is 11.1 Å². The molecule has 0 atom stereocenters. The summed E-state index contributed by atoms with van der Waals surface area (Å²) in [6.07, 6.45) is 0. The van der Waals surface area contributed by atoms with Gasteiger partial charge < -0.3 is 9.47 Å². The van der Waals surface area contributed by atoms with Gasteiger partial charge in [0.25, 0.3) is 0 Å². The Balaban J connectivity index is 2.42. The van der Waals surface area contributed by atoms with E-state index in [1.807, 2.05) is 0 Å². The summed E-state index contributed by atoms with van der Waals surface area (Å²) in [5.41, 5.74) is -3.51. The molecule has 0 aliphatic heterocycles. The van der Waals surface area contributed by atoms with Crippen molar-refractivity contribution in [2.75, 3.05) is 14.2 Å². The van der Waals surface area contributed by atoms with E-state index in [1.165, 1.54) is 28.1 Å². The van der Waals surface area contributed by atoms with Crippen LogP contribution in [0.2, 0.25) is 0 Å². The van der Waals surface area contributed by atoms with Gasteiger partial charge in [-0.3, -0.25) is 0 Å². The van der Waals surface area contributed by atoms with Crippen molar-refractivity contribution in [2.24, 2.45) is 0 Å². The van der Waals surface area contributed by atoms with Crippen LogP contribution >= 0.6 is 22.7 Å². The van der Waals surface area contributed by atoms with Gasteiger partial charge in [-0.05, 0) is 26.0 Å². The molecule has 0 spiro atoms. The zero-order chi connectivity index (χ0) is 20.4. The largest absolute Gasteiger partial charge is 0.487 e. The van der Waals surface area contributed by atoms with Crippen LogP contribution in [0, 0.1) is 13.8 Å². The second kappa shape index (κ2) is 6.16. The zero-order valence-electron chi connectivity index (χ0n) is 14.6. The molecule has 10 heteroatoms. The van der Waals surface area contributed by atoms with Crippen molar-refractivity contribution in [3.63, 3.8) is 0 Å². The number of thiophene rings is 2. The molecule has 27 heavy (non-hydrogen) atoms. The van der Waals surface area contributed by atoms with E-state index in [0.29, 0.717) is 0 Å². The summed E-state index contributed by atoms with van der Waals surface area (Å²) in [6.45, 7) is 2.78. The van der Waals surface area contributed by atoms with Crippen LogP contribution in [-0.2, 0) is 0 Å². The third-order valence-electron chi connectivity index (χ3n) is 4.40. The standard InChI is InChI=1S/C17H14F6O2S2/c1-7-9(5-11(24-3)26-7)13-14(10-6-12(25-4)27-8(10)2)16(20,21)17(22,23)15(13,18)19/h5-6H,1-4H3. The first-order valence-corrected chi connectivity index (χ1v) is 9.21. The average Bonchev–Trinajstić information content (AvgIpc) is 3.16. The number of ether oxygens (including phenoxy) is 2. The van der Waals surface area contributed by atoms with Crippen molar-refractivity contribution in [3.8, 4) is 10.1 Å². The molecule has 148 valence electrons. The zero-order valence-corrected chi connectivity index (χ0v) is 16.2. The molecule has 0 N–H and O–H groups in total. The smallest absolute Gasteiger partial charge is 0.380 e. The van der Waals surface area contributed by atoms with Crippen molar-refractivity contribution in [1.82, 2.24) is 0 Å². The Bertz CT molecular complexity index is 854. The summed E-state index contributed by atoms with van der Waals surface area (Å²) in [4.78, 5) is 0.347. The monoisotopic (exact) mass is 428 g/mol. The Labute approximate surface area is 159 Å². The van der Waals surface area contributed by atoms with E-state index in [2.05, 4.69) is 0 Å². The maximum Gasteiger partial charge on any atom is 0.380 e. The lowest BCUT2D eigenvalue weighted by Crippen LogP contribution is -2.48. The topological polar surface area (TPSA) is 18.5 Å². The number of allylic oxidation sites excluding steroid dienone is 2. The van der Waals surface area contributed by atoms with Crippen molar-refractivity contribution in [1.29, 1.82) is 0 Å². The summed E-state index contributed by atoms with van der Waals surface area (Å²) in [7, 11) is 2.54. The van der Waals surface area contributed by atoms with Gasteiger partial charge in [-0.2, -0.15) is 26.3 Å². The number of halogens is 6. The number of hydrogen-bond donors (Lipinski definition) is 0. The Hall–Kier alpha value is -1.68. The van der Waals surface area contributed by atoms with E-state index >= 15 is 0 Å². The maximum atomic E-state index is 14.7. The quantitative estimate of drug-likeness (QED) is 0.534. The van der Waals surface area contributed by atoms with Crippen LogP contribution in [0.1, 0.15) is 20.9 Å². The van der Waals surface area contributed by atoms with Crippen molar-refractivity contribution >= 4 is 33.8 Å². The Morgan fingerprint density at radius 3 is 1.30 bits per heavy atom. The minimum absolute atomic E-state index is 0.156. The Morgan fingerprint density at radius 1 is 0.704 bits per heavy atom. The highest BCUT2D eigenvalue weighted by Gasteiger charge is 2.80. The van der Waals surface area contributed by atoms with E-state index < -0.39 is 28.9 Å². The first kappa shape index (κ1) is 20.1. The molecule has 0 saturated carbocycles. The van der Waals surface area contributed by atoms with Gasteiger partial charge in [0.1, 0.15) is 0 Å². The van der Waals surface area contributed by atoms with Crippen LogP contribution < -0.4 is 9.47 Å². The number of rotatable bonds is 4. The molecular formula is C17H14F6O2S2. The Kier molecular flexibility index (Phi) is 4.58. The van der Waals surface area contributed by atoms with Gasteiger partial charge in [0, 0.05) is 32.0 Å². The second-order valence-electron chi connectivity index (χ2n) is 5.95. The van der Waals surface area contributed by atoms with Gasteiger partial charge in [-0.25, -0.2) is 0 Å². The molecule has 0 unspecified atom stereocenters. The van der Waals surface area contributed by atoms with Crippen LogP contribution in [0.3, 0.4) is 0 Å². The highest BCUT2D eigenvalue weighted by Crippen LogP contribution is 2.66. The van der Waals surface area contributed by atoms with Gasteiger partial charge in [0.15, 0.2) is 10.1 Å². The molecule has 0 amide bonds. The molecule has 0 aromatic carbocycles. The second-order valence-corrected chi connectivity index (χ2v) is 8.39. The van der Waals surface area contributed by atoms with Gasteiger partial charge in [0.05, 0.1) is 14.2 Å². The molecule has 0 bridgehead atoms. The minimum atomic E-state index is -5.58. The molecule has 2 aromatic rings. The summed E-state index contributed by atoms with van der Waals surface area (Å²) in [6, 6.07) is 2.17. The molecule has 2 aromatic heterocycles. The number of methoxy groups -OCH3 is 2. The van der Waals surface area contributed by atoms with Gasteiger partial charge in [0.2, 0.25) is 0 Å². The molecule has 0 fully saturated rings. The summed E-state index contributed by atoms with van der Waals surface area (Å²) in [5.74, 6) is -15.7. The third kappa shape index (κ3) is 2.60. The van der Waals surface area contributed by atoms with Crippen LogP contribution in [0.15, 0.2) is 12.1 Å². The van der Waals surface area contributed by atoms with E-state index in [-0.39, 0.29) is 31.0 Å². The predicted molar refractivity (Wildman–Crippen MR) is 92.9 cm³/mol. The van der Waals surface area contributed by atoms with Gasteiger partial charge in [-0.1, -0.05) is 0 Å². The normalized spacial score (nSPS) is 20.2. The molecule has 1 aliphatic rings. The Morgan fingerprint density at radius 2 is 1.04 bits per heavy atom. The minimum Gasteiger partial charge on any atom is -0.487 e. The SMILES string of the molecule is COc1cc(C2=C(c3cc(OC)sc3C)C(F)(F)C(F)(F)C2(F)F)c(C)s1. The highest BCUT2D eigenvalue weighted by molar-refractivity contribution is 7.14. The van der Waals surface area contributed by atoms with E-state index in [4.69, 9.17) is 9.47 Å². The molecule has 1 aliphatic carbocycles. The fraction of sp³-hybridized carbons (Fsp3) is 0.412. The predicted octanol–water partition coefficient (Wildman–Crippen LogP) is 6.27. The number of aryl methyl sites for hydroxylation is 2. The maximum absolute atomic E-state index is 14.7. The van der Waals surface area contributed by atoms with Crippen molar-refractivity contribution < 1.29 is 35.8 Å². The number of alkyl halides is 6. The lowest BCUT2D eigenvalue weighted by Gasteiger charge is -2.25. The summed E-state index contributed by atoms with van der Waals surface area (Å²) < 4.78 is 97.0. The fourth-order valence-electron chi connectivity index (χ4n) is 3.04. The van der Waals surface area contributed by atoms with Crippen molar-refractivity contribution in [2.45, 2.75) is 31.6 Å². The molecule has 2 heterocycles. The first-order valence-electron chi connectivity index (χ1n) is 7.58. The highest BCUT2D eigenvalue weighted by atomic mass is 32.1. The number of hydrogen-bond acceptors (Lipinski definition) is 4. The first-order chi connectivity index (χ1) is 12.4. The summed E-state index contributed by atoms with van der Waals surface area (Å²) in [5, 5.41) is 0.312. The summed E-state index contributed by atoms with van der Waals surface area (Å²) >= 11 is 1.82. The fourth-order valence-corrected chi connectivity index (χ4v) is 4.71. The molecule has 0 saturated heterocycles. The molecule has 0 radical (unpaired) electrons. The van der Waals surface area contributed by atoms with E-state index in [9.17, 15) is 26.3 Å². The molecule has 3 rings (SSSR count). The molecule has 2 nitrogen and oxygen atoms in total.